The van der Waals surface area contributed by atoms with E-state index in [2.05, 4.69) is 0 Å². The van der Waals surface area contributed by atoms with Crippen molar-refractivity contribution in [3.8, 4) is 0 Å². The zero-order valence-electron chi connectivity index (χ0n) is 12.7. The maximum atomic E-state index is 12.3. The van der Waals surface area contributed by atoms with Gasteiger partial charge in [0.05, 0.1) is 5.60 Å². The van der Waals surface area contributed by atoms with Gasteiger partial charge in [0.25, 0.3) is 0 Å². The van der Waals surface area contributed by atoms with Gasteiger partial charge in [0.2, 0.25) is 0 Å². The van der Waals surface area contributed by atoms with Crippen LogP contribution >= 0.6 is 0 Å². The van der Waals surface area contributed by atoms with Gasteiger partial charge in [-0.05, 0) is 32.3 Å². The number of esters is 1. The topological polar surface area (TPSA) is 72.8 Å². The molecule has 0 bridgehead atoms. The third-order valence-electron chi connectivity index (χ3n) is 4.41. The number of carbonyl (C=O) groups is 2. The molecule has 0 spiro atoms. The van der Waals surface area contributed by atoms with Gasteiger partial charge in [-0.1, -0.05) is 30.3 Å². The molecule has 1 aromatic rings. The molecule has 0 radical (unpaired) electrons. The van der Waals surface area contributed by atoms with Crippen LogP contribution in [0, 0.1) is 5.41 Å². The molecule has 2 aliphatic rings. The van der Waals surface area contributed by atoms with Crippen LogP contribution in [0.4, 0.5) is 0 Å². The van der Waals surface area contributed by atoms with Gasteiger partial charge in [0.15, 0.2) is 5.41 Å². The first-order chi connectivity index (χ1) is 10.3. The molecule has 0 aromatic heterocycles. The largest absolute Gasteiger partial charge is 0.480 e. The Morgan fingerprint density at radius 3 is 2.41 bits per heavy atom. The number of benzene rings is 1. The van der Waals surface area contributed by atoms with Crippen molar-refractivity contribution < 1.29 is 24.2 Å². The van der Waals surface area contributed by atoms with Crippen molar-refractivity contribution in [1.29, 1.82) is 0 Å². The van der Waals surface area contributed by atoms with Crippen LogP contribution in [0.3, 0.4) is 0 Å². The van der Waals surface area contributed by atoms with Gasteiger partial charge in [-0.25, -0.2) is 0 Å². The SMILES string of the molecule is CC1(C)C[C@@H](OC(=O)C2(C(=O)O)CC2)[C@H](c2ccccc2)O1. The number of hydrogen-bond donors (Lipinski definition) is 1. The predicted molar refractivity (Wildman–Crippen MR) is 78.1 cm³/mol. The molecule has 1 saturated carbocycles. The van der Waals surface area contributed by atoms with Crippen molar-refractivity contribution in [3.63, 3.8) is 0 Å². The fourth-order valence-corrected chi connectivity index (χ4v) is 2.97. The second kappa shape index (κ2) is 5.09. The van der Waals surface area contributed by atoms with Crippen molar-refractivity contribution in [3.05, 3.63) is 35.9 Å². The third-order valence-corrected chi connectivity index (χ3v) is 4.41. The number of aliphatic carboxylic acids is 1. The molecule has 1 aromatic carbocycles. The maximum absolute atomic E-state index is 12.3. The van der Waals surface area contributed by atoms with Crippen LogP contribution in [0.15, 0.2) is 30.3 Å². The monoisotopic (exact) mass is 304 g/mol. The first kappa shape index (κ1) is 15.0. The van der Waals surface area contributed by atoms with Gasteiger partial charge in [-0.2, -0.15) is 0 Å². The molecule has 1 saturated heterocycles. The van der Waals surface area contributed by atoms with Gasteiger partial charge in [0, 0.05) is 6.42 Å². The lowest BCUT2D eigenvalue weighted by molar-refractivity contribution is -0.167. The fraction of sp³-hybridized carbons (Fsp3) is 0.529. The molecule has 0 amide bonds. The van der Waals surface area contributed by atoms with E-state index >= 15 is 0 Å². The molecule has 1 aliphatic carbocycles. The normalized spacial score (nSPS) is 28.1. The average Bonchev–Trinajstić information content (AvgIpc) is 3.21. The zero-order chi connectivity index (χ0) is 16.0. The van der Waals surface area contributed by atoms with E-state index in [1.807, 2.05) is 44.2 Å². The van der Waals surface area contributed by atoms with Crippen LogP contribution < -0.4 is 0 Å². The van der Waals surface area contributed by atoms with E-state index in [0.29, 0.717) is 19.3 Å². The molecule has 22 heavy (non-hydrogen) atoms. The molecule has 1 heterocycles. The number of ether oxygens (including phenoxy) is 2. The first-order valence-corrected chi connectivity index (χ1v) is 7.51. The van der Waals surface area contributed by atoms with Crippen LogP contribution in [0.25, 0.3) is 0 Å². The summed E-state index contributed by atoms with van der Waals surface area (Å²) in [5.41, 5.74) is -0.801. The Hall–Kier alpha value is -1.88. The van der Waals surface area contributed by atoms with Crippen LogP contribution in [0.2, 0.25) is 0 Å². The van der Waals surface area contributed by atoms with Crippen LogP contribution in [0.1, 0.15) is 44.8 Å². The van der Waals surface area contributed by atoms with Gasteiger partial charge in [0.1, 0.15) is 12.2 Å². The highest BCUT2D eigenvalue weighted by Crippen LogP contribution is 2.49. The molecule has 0 unspecified atom stereocenters. The lowest BCUT2D eigenvalue weighted by Gasteiger charge is -2.21. The Morgan fingerprint density at radius 1 is 1.23 bits per heavy atom. The van der Waals surface area contributed by atoms with Crippen molar-refractivity contribution in [2.45, 2.75) is 50.9 Å². The number of carboxylic acids is 1. The summed E-state index contributed by atoms with van der Waals surface area (Å²) in [7, 11) is 0. The van der Waals surface area contributed by atoms with Crippen LogP contribution in [0.5, 0.6) is 0 Å². The Labute approximate surface area is 129 Å². The molecule has 3 rings (SSSR count). The Morgan fingerprint density at radius 2 is 1.86 bits per heavy atom. The minimum absolute atomic E-state index is 0.355. The summed E-state index contributed by atoms with van der Waals surface area (Å²) >= 11 is 0. The van der Waals surface area contributed by atoms with E-state index in [1.165, 1.54) is 0 Å². The van der Waals surface area contributed by atoms with E-state index in [0.717, 1.165) is 5.56 Å². The van der Waals surface area contributed by atoms with Crippen molar-refractivity contribution in [1.82, 2.24) is 0 Å². The summed E-state index contributed by atoms with van der Waals surface area (Å²) in [5.74, 6) is -1.72. The van der Waals surface area contributed by atoms with E-state index in [-0.39, 0.29) is 6.10 Å². The van der Waals surface area contributed by atoms with E-state index in [4.69, 9.17) is 9.47 Å². The summed E-state index contributed by atoms with van der Waals surface area (Å²) in [6, 6.07) is 9.58. The number of hydrogen-bond acceptors (Lipinski definition) is 4. The highest BCUT2D eigenvalue weighted by atomic mass is 16.6. The number of rotatable bonds is 4. The summed E-state index contributed by atoms with van der Waals surface area (Å²) in [6.45, 7) is 3.89. The lowest BCUT2D eigenvalue weighted by Crippen LogP contribution is -2.32. The zero-order valence-corrected chi connectivity index (χ0v) is 12.7. The summed E-state index contributed by atoms with van der Waals surface area (Å²) < 4.78 is 11.6. The molecule has 2 atom stereocenters. The standard InChI is InChI=1S/C17H20O5/c1-16(2)10-12(13(22-16)11-6-4-3-5-7-11)21-15(20)17(8-9-17)14(18)19/h3-7,12-13H,8-10H2,1-2H3,(H,18,19)/t12-,13+/m1/s1. The Balaban J connectivity index is 1.79. The molecule has 1 N–H and O–H groups in total. The van der Waals surface area contributed by atoms with Crippen molar-refractivity contribution in [2.75, 3.05) is 0 Å². The molecular weight excluding hydrogens is 284 g/mol. The number of carboxylic acid groups (broad SMARTS) is 1. The second-order valence-electron chi connectivity index (χ2n) is 6.74. The molecule has 118 valence electrons. The minimum atomic E-state index is -1.33. The van der Waals surface area contributed by atoms with Gasteiger partial charge in [-0.3, -0.25) is 9.59 Å². The summed E-state index contributed by atoms with van der Waals surface area (Å²) in [4.78, 5) is 23.5. The van der Waals surface area contributed by atoms with Crippen LogP contribution in [-0.2, 0) is 19.1 Å². The molecule has 1 aliphatic heterocycles. The third kappa shape index (κ3) is 2.61. The van der Waals surface area contributed by atoms with E-state index in [9.17, 15) is 14.7 Å². The highest BCUT2D eigenvalue weighted by Gasteiger charge is 2.60. The second-order valence-corrected chi connectivity index (χ2v) is 6.74. The van der Waals surface area contributed by atoms with E-state index in [1.54, 1.807) is 0 Å². The fourth-order valence-electron chi connectivity index (χ4n) is 2.97. The molecular formula is C17H20O5. The Kier molecular flexibility index (Phi) is 3.48. The van der Waals surface area contributed by atoms with E-state index < -0.39 is 29.1 Å². The molecule has 5 heteroatoms. The highest BCUT2D eigenvalue weighted by molar-refractivity contribution is 6.02. The van der Waals surface area contributed by atoms with Gasteiger partial charge in [-0.15, -0.1) is 0 Å². The molecule has 5 nitrogen and oxygen atoms in total. The smallest absolute Gasteiger partial charge is 0.323 e. The van der Waals surface area contributed by atoms with Crippen LogP contribution in [-0.4, -0.2) is 28.8 Å². The maximum Gasteiger partial charge on any atom is 0.323 e. The minimum Gasteiger partial charge on any atom is -0.480 e. The Bertz CT molecular complexity index is 588. The average molecular weight is 304 g/mol. The van der Waals surface area contributed by atoms with Crippen molar-refractivity contribution in [2.24, 2.45) is 5.41 Å². The first-order valence-electron chi connectivity index (χ1n) is 7.51. The van der Waals surface area contributed by atoms with Gasteiger partial charge >= 0.3 is 11.9 Å². The summed E-state index contributed by atoms with van der Waals surface area (Å²) in [6.07, 6.45) is 0.447. The van der Waals surface area contributed by atoms with Crippen molar-refractivity contribution >= 4 is 11.9 Å². The lowest BCUT2D eigenvalue weighted by atomic mass is 9.99. The quantitative estimate of drug-likeness (QED) is 0.684. The predicted octanol–water partition coefficient (Wildman–Crippen LogP) is 2.70. The van der Waals surface area contributed by atoms with Gasteiger partial charge < -0.3 is 14.6 Å². The number of carbonyl (C=O) groups excluding carboxylic acids is 1. The summed E-state index contributed by atoms with van der Waals surface area (Å²) in [5, 5.41) is 9.20. The molecule has 2 fully saturated rings.